The average molecular weight is 324 g/mol. The third-order valence-electron chi connectivity index (χ3n) is 2.59. The Kier molecular flexibility index (Phi) is 8.09. The molecule has 1 rings (SSSR count). The van der Waals surface area contributed by atoms with Crippen LogP contribution in [0.3, 0.4) is 0 Å². The van der Waals surface area contributed by atoms with Gasteiger partial charge in [-0.2, -0.15) is 0 Å². The molecule has 0 amide bonds. The first kappa shape index (κ1) is 20.6. The van der Waals surface area contributed by atoms with Crippen LogP contribution in [-0.2, 0) is 14.9 Å². The quantitative estimate of drug-likeness (QED) is 0.196. The third kappa shape index (κ3) is 7.94. The number of quaternary nitrogens is 1. The number of carbonyl (C=O) groups excluding carboxylic acids is 1. The molecule has 0 N–H and O–H groups in total. The van der Waals surface area contributed by atoms with Gasteiger partial charge in [-0.3, -0.25) is 0 Å². The molecule has 0 atom stereocenters. The Hall–Kier alpha value is -0.440. The van der Waals surface area contributed by atoms with E-state index in [0.29, 0.717) is 6.61 Å². The molecule has 0 radical (unpaired) electrons. The number of hydrogen-bond donors (Lipinski definition) is 0. The molecule has 0 aromatic heterocycles. The van der Waals surface area contributed by atoms with Crippen molar-refractivity contribution >= 4 is 16.1 Å². The summed E-state index contributed by atoms with van der Waals surface area (Å²) < 4.78 is 38.1. The van der Waals surface area contributed by atoms with Gasteiger partial charge in [-0.05, 0) is 24.3 Å². The molecule has 0 saturated carbocycles. The van der Waals surface area contributed by atoms with Crippen molar-refractivity contribution in [3.8, 4) is 0 Å². The fourth-order valence-corrected chi connectivity index (χ4v) is 2.01. The molecular weight excluding hydrogens is 305 g/mol. The van der Waals surface area contributed by atoms with Crippen LogP contribution < -0.4 is 29.6 Å². The number of nitrogens with zero attached hydrogens (tertiary/aromatic N) is 1. The van der Waals surface area contributed by atoms with Crippen molar-refractivity contribution in [3.05, 3.63) is 29.8 Å². The van der Waals surface area contributed by atoms with Crippen molar-refractivity contribution in [1.82, 2.24) is 0 Å². The Morgan fingerprint density at radius 3 is 2.14 bits per heavy atom. The molecule has 0 aliphatic rings. The summed E-state index contributed by atoms with van der Waals surface area (Å²) in [7, 11) is 1.65. The number of hydrogen-bond acceptors (Lipinski definition) is 5. The molecule has 0 heterocycles. The number of esters is 1. The second kappa shape index (κ2) is 8.26. The minimum atomic E-state index is -4.49. The van der Waals surface area contributed by atoms with Gasteiger partial charge in [-0.25, -0.2) is 13.2 Å². The first-order chi connectivity index (χ1) is 9.09. The minimum Gasteiger partial charge on any atom is -0.744 e. The van der Waals surface area contributed by atoms with E-state index < -0.39 is 16.1 Å². The van der Waals surface area contributed by atoms with E-state index in [1.54, 1.807) is 0 Å². The van der Waals surface area contributed by atoms with Crippen LogP contribution in [0.5, 0.6) is 0 Å². The van der Waals surface area contributed by atoms with Crippen LogP contribution >= 0.6 is 0 Å². The SMILES string of the molecule is C[N+](C)(C)CCCOC(=O)c1ccc(S(=O)(=O)[O-])cc1.[Na+]. The Labute approximate surface area is 147 Å². The molecule has 0 unspecified atom stereocenters. The van der Waals surface area contributed by atoms with E-state index in [2.05, 4.69) is 0 Å². The predicted molar refractivity (Wildman–Crippen MR) is 72.2 cm³/mol. The smallest absolute Gasteiger partial charge is 0.744 e. The molecular formula is C13H19NNaO5S+. The maximum Gasteiger partial charge on any atom is 1.00 e. The zero-order valence-electron chi connectivity index (χ0n) is 12.8. The topological polar surface area (TPSA) is 83.5 Å². The van der Waals surface area contributed by atoms with E-state index >= 15 is 0 Å². The molecule has 0 aliphatic carbocycles. The largest absolute Gasteiger partial charge is 1.00 e. The summed E-state index contributed by atoms with van der Waals surface area (Å²) >= 11 is 0. The van der Waals surface area contributed by atoms with Gasteiger partial charge in [-0.15, -0.1) is 0 Å². The summed E-state index contributed by atoms with van der Waals surface area (Å²) in [6, 6.07) is 4.75. The van der Waals surface area contributed by atoms with Crippen LogP contribution in [0.15, 0.2) is 29.2 Å². The first-order valence-corrected chi connectivity index (χ1v) is 7.54. The molecule has 1 aromatic rings. The minimum absolute atomic E-state index is 0. The molecule has 1 aromatic carbocycles. The molecule has 112 valence electrons. The van der Waals surface area contributed by atoms with E-state index in [-0.39, 0.29) is 40.0 Å². The summed E-state index contributed by atoms with van der Waals surface area (Å²) in [6.07, 6.45) is 0.738. The Balaban J connectivity index is 0.00000400. The van der Waals surface area contributed by atoms with Gasteiger partial charge in [0.1, 0.15) is 10.1 Å². The summed E-state index contributed by atoms with van der Waals surface area (Å²) in [6.45, 7) is 1.18. The fraction of sp³-hybridized carbons (Fsp3) is 0.462. The maximum atomic E-state index is 11.7. The van der Waals surface area contributed by atoms with E-state index in [4.69, 9.17) is 4.74 Å². The second-order valence-electron chi connectivity index (χ2n) is 5.48. The molecule has 0 fully saturated rings. The molecule has 0 saturated heterocycles. The molecule has 0 spiro atoms. The van der Waals surface area contributed by atoms with Crippen molar-refractivity contribution in [3.63, 3.8) is 0 Å². The molecule has 21 heavy (non-hydrogen) atoms. The zero-order chi connectivity index (χ0) is 15.4. The van der Waals surface area contributed by atoms with Crippen LogP contribution in [-0.4, -0.2) is 57.7 Å². The molecule has 6 nitrogen and oxygen atoms in total. The van der Waals surface area contributed by atoms with Crippen LogP contribution in [0.2, 0.25) is 0 Å². The molecule has 0 aliphatic heterocycles. The maximum absolute atomic E-state index is 11.7. The first-order valence-electron chi connectivity index (χ1n) is 6.13. The van der Waals surface area contributed by atoms with Crippen LogP contribution in [0.25, 0.3) is 0 Å². The van der Waals surface area contributed by atoms with E-state index in [1.165, 1.54) is 12.1 Å². The van der Waals surface area contributed by atoms with Gasteiger partial charge in [-0.1, -0.05) is 0 Å². The monoisotopic (exact) mass is 324 g/mol. The van der Waals surface area contributed by atoms with Crippen molar-refractivity contribution in [2.24, 2.45) is 0 Å². The number of carbonyl (C=O) groups is 1. The van der Waals surface area contributed by atoms with Gasteiger partial charge >= 0.3 is 35.5 Å². The molecule has 8 heteroatoms. The van der Waals surface area contributed by atoms with Gasteiger partial charge in [0.2, 0.25) is 0 Å². The van der Waals surface area contributed by atoms with E-state index in [9.17, 15) is 17.8 Å². The number of rotatable bonds is 6. The van der Waals surface area contributed by atoms with Gasteiger partial charge in [0.15, 0.2) is 0 Å². The second-order valence-corrected chi connectivity index (χ2v) is 6.86. The van der Waals surface area contributed by atoms with Gasteiger partial charge in [0, 0.05) is 6.42 Å². The number of benzene rings is 1. The Morgan fingerprint density at radius 1 is 1.19 bits per heavy atom. The Morgan fingerprint density at radius 2 is 1.71 bits per heavy atom. The van der Waals surface area contributed by atoms with Gasteiger partial charge in [0.25, 0.3) is 0 Å². The summed E-state index contributed by atoms with van der Waals surface area (Å²) in [5.74, 6) is -0.527. The van der Waals surface area contributed by atoms with Crippen molar-refractivity contribution in [2.75, 3.05) is 34.3 Å². The molecule has 0 bridgehead atoms. The zero-order valence-corrected chi connectivity index (χ0v) is 15.6. The predicted octanol–water partition coefficient (Wildman–Crippen LogP) is -2.15. The van der Waals surface area contributed by atoms with Crippen LogP contribution in [0, 0.1) is 0 Å². The van der Waals surface area contributed by atoms with Crippen molar-refractivity contribution in [1.29, 1.82) is 0 Å². The standard InChI is InChI=1S/C13H19NO5S.Na/c1-14(2,3)9-4-10-19-13(15)11-5-7-12(8-6-11)20(16,17)18;/h5-8H,4,9-10H2,1-3H3;/q;+1. The third-order valence-corrected chi connectivity index (χ3v) is 3.43. The normalized spacial score (nSPS) is 11.6. The van der Waals surface area contributed by atoms with Crippen molar-refractivity contribution in [2.45, 2.75) is 11.3 Å². The van der Waals surface area contributed by atoms with Crippen molar-refractivity contribution < 1.29 is 56.5 Å². The van der Waals surface area contributed by atoms with Gasteiger partial charge in [0.05, 0.1) is 44.8 Å². The fourth-order valence-electron chi connectivity index (χ4n) is 1.54. The van der Waals surface area contributed by atoms with E-state index in [1.807, 2.05) is 21.1 Å². The van der Waals surface area contributed by atoms with Crippen LogP contribution in [0.4, 0.5) is 0 Å². The summed E-state index contributed by atoms with van der Waals surface area (Å²) in [5, 5.41) is 0. The summed E-state index contributed by atoms with van der Waals surface area (Å²) in [5.41, 5.74) is 0.225. The van der Waals surface area contributed by atoms with Crippen LogP contribution in [0.1, 0.15) is 16.8 Å². The summed E-state index contributed by atoms with van der Waals surface area (Å²) in [4.78, 5) is 11.3. The van der Waals surface area contributed by atoms with E-state index in [0.717, 1.165) is 29.6 Å². The Bertz CT molecular complexity index is 563. The average Bonchev–Trinajstić information content (AvgIpc) is 2.32. The number of ether oxygens (including phenoxy) is 1. The van der Waals surface area contributed by atoms with Gasteiger partial charge < -0.3 is 13.8 Å².